The average molecular weight is 268 g/mol. The molecular weight excluding hydrogens is 259 g/mol. The maximum Gasteiger partial charge on any atom is 0.463 e. The van der Waals surface area contributed by atoms with Gasteiger partial charge in [-0.15, -0.1) is 0 Å². The van der Waals surface area contributed by atoms with Gasteiger partial charge in [-0.2, -0.15) is 22.0 Å². The van der Waals surface area contributed by atoms with Crippen molar-refractivity contribution in [1.82, 2.24) is 10.3 Å². The lowest BCUT2D eigenvalue weighted by atomic mass is 10.1. The topological polar surface area (TPSA) is 42.0 Å². The van der Waals surface area contributed by atoms with Gasteiger partial charge < -0.3 is 5.32 Å². The second kappa shape index (κ2) is 4.87. The monoisotopic (exact) mass is 268 g/mol. The number of hydrogen-bond donors (Lipinski definition) is 1. The van der Waals surface area contributed by atoms with Crippen LogP contribution in [0.5, 0.6) is 0 Å². The molecule has 0 aliphatic carbocycles. The van der Waals surface area contributed by atoms with Crippen LogP contribution in [0.3, 0.4) is 0 Å². The van der Waals surface area contributed by atoms with Crippen LogP contribution in [0.1, 0.15) is 18.5 Å². The van der Waals surface area contributed by atoms with Crippen LogP contribution < -0.4 is 5.32 Å². The summed E-state index contributed by atoms with van der Waals surface area (Å²) in [6.07, 6.45) is -3.24. The van der Waals surface area contributed by atoms with Gasteiger partial charge in [0.15, 0.2) is 0 Å². The standard InChI is InChI=1S/C10H9F5N2O/c1-6(7-2-4-16-5-3-7)17-8(18)9(11,12)10(13,14)15/h2-6H,1H3,(H,17,18)/t6-/m0/s1. The van der Waals surface area contributed by atoms with Gasteiger partial charge in [0.05, 0.1) is 6.04 Å². The van der Waals surface area contributed by atoms with Crippen LogP contribution in [-0.2, 0) is 4.79 Å². The summed E-state index contributed by atoms with van der Waals surface area (Å²) in [5, 5.41) is 1.61. The van der Waals surface area contributed by atoms with Crippen molar-refractivity contribution in [3.8, 4) is 0 Å². The van der Waals surface area contributed by atoms with E-state index in [1.807, 2.05) is 0 Å². The Morgan fingerprint density at radius 2 is 1.72 bits per heavy atom. The highest BCUT2D eigenvalue weighted by Gasteiger charge is 2.63. The predicted molar refractivity (Wildman–Crippen MR) is 51.8 cm³/mol. The zero-order chi connectivity index (χ0) is 14.0. The van der Waals surface area contributed by atoms with Crippen molar-refractivity contribution in [3.63, 3.8) is 0 Å². The molecule has 0 aromatic carbocycles. The zero-order valence-electron chi connectivity index (χ0n) is 9.13. The predicted octanol–water partition coefficient (Wildman–Crippen LogP) is 2.46. The van der Waals surface area contributed by atoms with Crippen molar-refractivity contribution >= 4 is 5.91 Å². The molecule has 0 radical (unpaired) electrons. The molecule has 0 aliphatic heterocycles. The van der Waals surface area contributed by atoms with Crippen molar-refractivity contribution in [2.24, 2.45) is 0 Å². The Labute approximate surface area is 99.0 Å². The Kier molecular flexibility index (Phi) is 3.88. The summed E-state index contributed by atoms with van der Waals surface area (Å²) in [5.74, 6) is -7.78. The summed E-state index contributed by atoms with van der Waals surface area (Å²) in [4.78, 5) is 14.6. The van der Waals surface area contributed by atoms with Crippen LogP contribution in [0.15, 0.2) is 24.5 Å². The Hall–Kier alpha value is -1.73. The summed E-state index contributed by atoms with van der Waals surface area (Å²) in [6, 6.07) is 1.82. The van der Waals surface area contributed by atoms with Crippen LogP contribution in [0.2, 0.25) is 0 Å². The van der Waals surface area contributed by atoms with Gasteiger partial charge in [0, 0.05) is 12.4 Å². The van der Waals surface area contributed by atoms with Crippen molar-refractivity contribution in [2.45, 2.75) is 25.1 Å². The molecule has 0 spiro atoms. The van der Waals surface area contributed by atoms with E-state index in [0.29, 0.717) is 5.56 Å². The molecule has 18 heavy (non-hydrogen) atoms. The molecule has 0 saturated carbocycles. The number of nitrogens with one attached hydrogen (secondary N) is 1. The molecule has 8 heteroatoms. The van der Waals surface area contributed by atoms with E-state index in [4.69, 9.17) is 0 Å². The number of pyridine rings is 1. The molecule has 0 unspecified atom stereocenters. The van der Waals surface area contributed by atoms with Gasteiger partial charge in [0.1, 0.15) is 0 Å². The second-order valence-corrected chi connectivity index (χ2v) is 3.55. The third-order valence-corrected chi connectivity index (χ3v) is 2.19. The van der Waals surface area contributed by atoms with Crippen LogP contribution in [0.25, 0.3) is 0 Å². The summed E-state index contributed by atoms with van der Waals surface area (Å²) in [7, 11) is 0. The highest BCUT2D eigenvalue weighted by atomic mass is 19.4. The lowest BCUT2D eigenvalue weighted by Crippen LogP contribution is -2.50. The highest BCUT2D eigenvalue weighted by molar-refractivity contribution is 5.84. The van der Waals surface area contributed by atoms with Gasteiger partial charge >= 0.3 is 18.0 Å². The number of halogens is 5. The quantitative estimate of drug-likeness (QED) is 0.855. The minimum Gasteiger partial charge on any atom is -0.344 e. The van der Waals surface area contributed by atoms with E-state index < -0.39 is 24.0 Å². The third kappa shape index (κ3) is 2.93. The Bertz CT molecular complexity index is 418. The van der Waals surface area contributed by atoms with Crippen molar-refractivity contribution < 1.29 is 26.7 Å². The normalized spacial score (nSPS) is 14.1. The number of nitrogens with zero attached hydrogens (tertiary/aromatic N) is 1. The van der Waals surface area contributed by atoms with E-state index >= 15 is 0 Å². The molecule has 1 heterocycles. The molecule has 100 valence electrons. The lowest BCUT2D eigenvalue weighted by Gasteiger charge is -2.21. The molecule has 3 nitrogen and oxygen atoms in total. The van der Waals surface area contributed by atoms with E-state index in [9.17, 15) is 26.7 Å². The number of rotatable bonds is 3. The smallest absolute Gasteiger partial charge is 0.344 e. The largest absolute Gasteiger partial charge is 0.463 e. The van der Waals surface area contributed by atoms with E-state index in [2.05, 4.69) is 4.98 Å². The lowest BCUT2D eigenvalue weighted by molar-refractivity contribution is -0.270. The first-order valence-corrected chi connectivity index (χ1v) is 4.81. The molecule has 1 aromatic rings. The van der Waals surface area contributed by atoms with E-state index in [0.717, 1.165) is 0 Å². The molecule has 0 bridgehead atoms. The Morgan fingerprint density at radius 1 is 1.22 bits per heavy atom. The molecule has 0 aliphatic rings. The molecule has 1 aromatic heterocycles. The number of alkyl halides is 5. The van der Waals surface area contributed by atoms with Gasteiger partial charge in [0.25, 0.3) is 0 Å². The van der Waals surface area contributed by atoms with Crippen molar-refractivity contribution in [2.75, 3.05) is 0 Å². The maximum absolute atomic E-state index is 12.7. The minimum atomic E-state index is -5.91. The van der Waals surface area contributed by atoms with Gasteiger partial charge in [-0.25, -0.2) is 0 Å². The number of carbonyl (C=O) groups excluding carboxylic acids is 1. The van der Waals surface area contributed by atoms with E-state index in [-0.39, 0.29) is 0 Å². The molecular formula is C10H9F5N2O. The third-order valence-electron chi connectivity index (χ3n) is 2.19. The summed E-state index contributed by atoms with van der Waals surface area (Å²) < 4.78 is 61.0. The van der Waals surface area contributed by atoms with Crippen LogP contribution >= 0.6 is 0 Å². The van der Waals surface area contributed by atoms with Gasteiger partial charge in [0.2, 0.25) is 0 Å². The van der Waals surface area contributed by atoms with Crippen LogP contribution in [0.4, 0.5) is 22.0 Å². The Balaban J connectivity index is 2.78. The van der Waals surface area contributed by atoms with Gasteiger partial charge in [-0.3, -0.25) is 9.78 Å². The van der Waals surface area contributed by atoms with Crippen molar-refractivity contribution in [1.29, 1.82) is 0 Å². The first kappa shape index (κ1) is 14.3. The molecule has 1 N–H and O–H groups in total. The zero-order valence-corrected chi connectivity index (χ0v) is 9.13. The van der Waals surface area contributed by atoms with Crippen molar-refractivity contribution in [3.05, 3.63) is 30.1 Å². The maximum atomic E-state index is 12.7. The van der Waals surface area contributed by atoms with E-state index in [1.165, 1.54) is 31.5 Å². The summed E-state index contributed by atoms with van der Waals surface area (Å²) in [5.41, 5.74) is 0.372. The fourth-order valence-corrected chi connectivity index (χ4v) is 1.15. The first-order valence-electron chi connectivity index (χ1n) is 4.81. The number of aromatic nitrogens is 1. The number of amides is 1. The molecule has 1 rings (SSSR count). The first-order chi connectivity index (χ1) is 8.16. The molecule has 0 saturated heterocycles. The molecule has 1 amide bonds. The minimum absolute atomic E-state index is 0.372. The molecule has 1 atom stereocenters. The summed E-state index contributed by atoms with van der Waals surface area (Å²) in [6.45, 7) is 1.29. The summed E-state index contributed by atoms with van der Waals surface area (Å²) >= 11 is 0. The SMILES string of the molecule is C[C@H](NC(=O)C(F)(F)C(F)(F)F)c1ccncc1. The number of hydrogen-bond acceptors (Lipinski definition) is 2. The van der Waals surface area contributed by atoms with E-state index in [1.54, 1.807) is 5.32 Å². The van der Waals surface area contributed by atoms with Gasteiger partial charge in [-0.05, 0) is 24.6 Å². The fraction of sp³-hybridized carbons (Fsp3) is 0.400. The van der Waals surface area contributed by atoms with Crippen LogP contribution in [0, 0.1) is 0 Å². The van der Waals surface area contributed by atoms with Crippen LogP contribution in [-0.4, -0.2) is 23.0 Å². The van der Waals surface area contributed by atoms with Gasteiger partial charge in [-0.1, -0.05) is 0 Å². The average Bonchev–Trinajstić information content (AvgIpc) is 2.28. The Morgan fingerprint density at radius 3 is 2.17 bits per heavy atom. The number of carbonyl (C=O) groups is 1. The molecule has 0 fully saturated rings. The fourth-order valence-electron chi connectivity index (χ4n) is 1.15. The highest BCUT2D eigenvalue weighted by Crippen LogP contribution is 2.35. The second-order valence-electron chi connectivity index (χ2n) is 3.55.